The van der Waals surface area contributed by atoms with Crippen molar-refractivity contribution in [3.05, 3.63) is 65.6 Å². The third kappa shape index (κ3) is 3.16. The zero-order valence-electron chi connectivity index (χ0n) is 14.6. The Morgan fingerprint density at radius 1 is 1.08 bits per heavy atom. The molecular weight excluding hydrogens is 310 g/mol. The Bertz CT molecular complexity index is 889. The van der Waals surface area contributed by atoms with E-state index in [-0.39, 0.29) is 5.91 Å². The first-order valence-electron chi connectivity index (χ1n) is 8.99. The SMILES string of the molecule is Cn1cc(Cc2ccc(C(=O)N3CCCCC3)cn2)c2ccccc21. The van der Waals surface area contributed by atoms with Crippen molar-refractivity contribution in [1.29, 1.82) is 0 Å². The Kier molecular flexibility index (Phi) is 4.26. The number of aromatic nitrogens is 2. The van der Waals surface area contributed by atoms with Gasteiger partial charge in [0.25, 0.3) is 5.91 Å². The van der Waals surface area contributed by atoms with Gasteiger partial charge in [0, 0.05) is 55.5 Å². The molecule has 25 heavy (non-hydrogen) atoms. The Morgan fingerprint density at radius 2 is 1.88 bits per heavy atom. The standard InChI is InChI=1S/C21H23N3O/c1-23-15-17(19-7-3-4-8-20(19)23)13-18-10-9-16(14-22-18)21(25)24-11-5-2-6-12-24/h3-4,7-10,14-15H,2,5-6,11-13H2,1H3. The largest absolute Gasteiger partial charge is 0.350 e. The minimum absolute atomic E-state index is 0.115. The number of likely N-dealkylation sites (tertiary alicyclic amines) is 1. The Labute approximate surface area is 148 Å². The van der Waals surface area contributed by atoms with Crippen LogP contribution in [-0.2, 0) is 13.5 Å². The number of benzene rings is 1. The first-order chi connectivity index (χ1) is 12.2. The quantitative estimate of drug-likeness (QED) is 0.731. The lowest BCUT2D eigenvalue weighted by Crippen LogP contribution is -2.35. The molecule has 1 aliphatic rings. The van der Waals surface area contributed by atoms with Crippen LogP contribution in [0.15, 0.2) is 48.8 Å². The number of carbonyl (C=O) groups excluding carboxylic acids is 1. The van der Waals surface area contributed by atoms with E-state index in [1.54, 1.807) is 6.20 Å². The van der Waals surface area contributed by atoms with Crippen LogP contribution >= 0.6 is 0 Å². The smallest absolute Gasteiger partial charge is 0.255 e. The third-order valence-corrected chi connectivity index (χ3v) is 5.07. The molecule has 1 aromatic carbocycles. The van der Waals surface area contributed by atoms with Crippen LogP contribution in [0.3, 0.4) is 0 Å². The molecule has 3 heterocycles. The van der Waals surface area contributed by atoms with E-state index in [4.69, 9.17) is 0 Å². The molecule has 4 rings (SSSR count). The van der Waals surface area contributed by atoms with Gasteiger partial charge in [-0.1, -0.05) is 18.2 Å². The number of rotatable bonds is 3. The van der Waals surface area contributed by atoms with Crippen molar-refractivity contribution >= 4 is 16.8 Å². The summed E-state index contributed by atoms with van der Waals surface area (Å²) in [4.78, 5) is 19.0. The Morgan fingerprint density at radius 3 is 2.64 bits per heavy atom. The fourth-order valence-electron chi connectivity index (χ4n) is 3.70. The number of carbonyl (C=O) groups is 1. The highest BCUT2D eigenvalue weighted by Crippen LogP contribution is 2.22. The number of hydrogen-bond acceptors (Lipinski definition) is 2. The van der Waals surface area contributed by atoms with Crippen LogP contribution in [0.25, 0.3) is 10.9 Å². The summed E-state index contributed by atoms with van der Waals surface area (Å²) < 4.78 is 2.15. The predicted molar refractivity (Wildman–Crippen MR) is 99.7 cm³/mol. The van der Waals surface area contributed by atoms with Gasteiger partial charge in [-0.25, -0.2) is 0 Å². The fraction of sp³-hybridized carbons (Fsp3) is 0.333. The number of para-hydroxylation sites is 1. The molecule has 0 aliphatic carbocycles. The van der Waals surface area contributed by atoms with Crippen LogP contribution in [0, 0.1) is 0 Å². The zero-order valence-corrected chi connectivity index (χ0v) is 14.6. The highest BCUT2D eigenvalue weighted by Gasteiger charge is 2.18. The normalized spacial score (nSPS) is 14.8. The van der Waals surface area contributed by atoms with E-state index >= 15 is 0 Å². The molecule has 4 nitrogen and oxygen atoms in total. The summed E-state index contributed by atoms with van der Waals surface area (Å²) in [7, 11) is 2.07. The van der Waals surface area contributed by atoms with Gasteiger partial charge in [0.2, 0.25) is 0 Å². The van der Waals surface area contributed by atoms with Crippen molar-refractivity contribution in [3.63, 3.8) is 0 Å². The molecule has 0 atom stereocenters. The first-order valence-corrected chi connectivity index (χ1v) is 8.99. The summed E-state index contributed by atoms with van der Waals surface area (Å²) in [6.45, 7) is 1.74. The lowest BCUT2D eigenvalue weighted by molar-refractivity contribution is 0.0724. The second-order valence-corrected chi connectivity index (χ2v) is 6.85. The van der Waals surface area contributed by atoms with Gasteiger partial charge in [0.15, 0.2) is 0 Å². The van der Waals surface area contributed by atoms with Crippen molar-refractivity contribution in [2.24, 2.45) is 7.05 Å². The predicted octanol–water partition coefficient (Wildman–Crippen LogP) is 3.79. The number of pyridine rings is 1. The monoisotopic (exact) mass is 333 g/mol. The third-order valence-electron chi connectivity index (χ3n) is 5.07. The van der Waals surface area contributed by atoms with Crippen LogP contribution in [0.4, 0.5) is 0 Å². The molecule has 1 fully saturated rings. The average Bonchev–Trinajstić information content (AvgIpc) is 2.98. The maximum absolute atomic E-state index is 12.5. The summed E-state index contributed by atoms with van der Waals surface area (Å²) in [6, 6.07) is 12.3. The maximum Gasteiger partial charge on any atom is 0.255 e. The minimum atomic E-state index is 0.115. The number of aryl methyl sites for hydroxylation is 1. The van der Waals surface area contributed by atoms with Crippen LogP contribution in [0.1, 0.15) is 40.9 Å². The molecule has 0 saturated carbocycles. The molecule has 4 heteroatoms. The molecule has 0 unspecified atom stereocenters. The first kappa shape index (κ1) is 15.9. The van der Waals surface area contributed by atoms with Crippen molar-refractivity contribution in [2.45, 2.75) is 25.7 Å². The van der Waals surface area contributed by atoms with E-state index in [2.05, 4.69) is 47.1 Å². The fourth-order valence-corrected chi connectivity index (χ4v) is 3.70. The lowest BCUT2D eigenvalue weighted by atomic mass is 10.1. The molecule has 0 bridgehead atoms. The molecule has 1 saturated heterocycles. The molecule has 0 radical (unpaired) electrons. The van der Waals surface area contributed by atoms with Crippen LogP contribution in [0.2, 0.25) is 0 Å². The van der Waals surface area contributed by atoms with Crippen LogP contribution < -0.4 is 0 Å². The molecule has 128 valence electrons. The summed E-state index contributed by atoms with van der Waals surface area (Å²) >= 11 is 0. The van der Waals surface area contributed by atoms with Crippen LogP contribution in [0.5, 0.6) is 0 Å². The van der Waals surface area contributed by atoms with E-state index in [1.807, 2.05) is 17.0 Å². The molecule has 2 aromatic heterocycles. The molecule has 0 N–H and O–H groups in total. The van der Waals surface area contributed by atoms with Crippen molar-refractivity contribution in [3.8, 4) is 0 Å². The van der Waals surface area contributed by atoms with E-state index < -0.39 is 0 Å². The van der Waals surface area contributed by atoms with Gasteiger partial charge >= 0.3 is 0 Å². The summed E-state index contributed by atoms with van der Waals surface area (Å²) in [5.41, 5.74) is 4.19. The number of fused-ring (bicyclic) bond motifs is 1. The van der Waals surface area contributed by atoms with Gasteiger partial charge < -0.3 is 9.47 Å². The van der Waals surface area contributed by atoms with Crippen molar-refractivity contribution in [1.82, 2.24) is 14.5 Å². The highest BCUT2D eigenvalue weighted by molar-refractivity contribution is 5.94. The van der Waals surface area contributed by atoms with Gasteiger partial charge in [0.1, 0.15) is 0 Å². The molecule has 3 aromatic rings. The lowest BCUT2D eigenvalue weighted by Gasteiger charge is -2.26. The van der Waals surface area contributed by atoms with Gasteiger partial charge in [-0.05, 0) is 43.0 Å². The molecule has 1 aliphatic heterocycles. The molecular formula is C21H23N3O. The van der Waals surface area contributed by atoms with Gasteiger partial charge in [0.05, 0.1) is 5.56 Å². The highest BCUT2D eigenvalue weighted by atomic mass is 16.2. The second-order valence-electron chi connectivity index (χ2n) is 6.85. The summed E-state index contributed by atoms with van der Waals surface area (Å²) in [5.74, 6) is 0.115. The van der Waals surface area contributed by atoms with Gasteiger partial charge in [-0.3, -0.25) is 9.78 Å². The average molecular weight is 333 g/mol. The van der Waals surface area contributed by atoms with Crippen molar-refractivity contribution in [2.75, 3.05) is 13.1 Å². The number of piperidine rings is 1. The minimum Gasteiger partial charge on any atom is -0.350 e. The molecule has 0 spiro atoms. The van der Waals surface area contributed by atoms with Crippen LogP contribution in [-0.4, -0.2) is 33.4 Å². The van der Waals surface area contributed by atoms with Gasteiger partial charge in [-0.2, -0.15) is 0 Å². The van der Waals surface area contributed by atoms with E-state index in [1.165, 1.54) is 22.9 Å². The Balaban J connectivity index is 1.53. The topological polar surface area (TPSA) is 38.1 Å². The number of nitrogens with zero attached hydrogens (tertiary/aromatic N) is 3. The summed E-state index contributed by atoms with van der Waals surface area (Å²) in [5, 5.41) is 1.26. The molecule has 1 amide bonds. The zero-order chi connectivity index (χ0) is 17.2. The second kappa shape index (κ2) is 6.71. The van der Waals surface area contributed by atoms with Gasteiger partial charge in [-0.15, -0.1) is 0 Å². The maximum atomic E-state index is 12.5. The van der Waals surface area contributed by atoms with E-state index in [9.17, 15) is 4.79 Å². The number of hydrogen-bond donors (Lipinski definition) is 0. The number of amides is 1. The van der Waals surface area contributed by atoms with Crippen molar-refractivity contribution < 1.29 is 4.79 Å². The summed E-state index contributed by atoms with van der Waals surface area (Å²) in [6.07, 6.45) is 8.12. The van der Waals surface area contributed by atoms with E-state index in [0.29, 0.717) is 5.56 Å². The van der Waals surface area contributed by atoms with E-state index in [0.717, 1.165) is 38.0 Å². The Hall–Kier alpha value is -2.62.